The molecule has 1 aromatic heterocycles. The zero-order valence-corrected chi connectivity index (χ0v) is 22.9. The van der Waals surface area contributed by atoms with Gasteiger partial charge >= 0.3 is 0 Å². The van der Waals surface area contributed by atoms with Crippen molar-refractivity contribution in [1.29, 1.82) is 0 Å². The van der Waals surface area contributed by atoms with Crippen LogP contribution >= 0.6 is 11.3 Å². The third kappa shape index (κ3) is 8.88. The summed E-state index contributed by atoms with van der Waals surface area (Å²) in [4.78, 5) is 31.6. The van der Waals surface area contributed by atoms with Gasteiger partial charge in [0.25, 0.3) is 0 Å². The fraction of sp³-hybridized carbons (Fsp3) is 0.571. The first-order valence-electron chi connectivity index (χ1n) is 12.8. The number of unbranched alkanes of at least 4 members (excludes halogenated alkanes) is 1. The van der Waals surface area contributed by atoms with Crippen LogP contribution in [0.1, 0.15) is 63.3 Å². The quantitative estimate of drug-likeness (QED) is 0.291. The van der Waals surface area contributed by atoms with Crippen molar-refractivity contribution in [2.75, 3.05) is 33.9 Å². The molecule has 0 N–H and O–H groups in total. The van der Waals surface area contributed by atoms with E-state index in [0.29, 0.717) is 37.6 Å². The van der Waals surface area contributed by atoms with Gasteiger partial charge in [-0.3, -0.25) is 9.59 Å². The van der Waals surface area contributed by atoms with Gasteiger partial charge in [0, 0.05) is 23.9 Å². The van der Waals surface area contributed by atoms with Crippen molar-refractivity contribution in [2.24, 2.45) is 5.92 Å². The van der Waals surface area contributed by atoms with Crippen LogP contribution in [0.4, 0.5) is 0 Å². The second-order valence-electron chi connectivity index (χ2n) is 8.84. The molecule has 35 heavy (non-hydrogen) atoms. The molecule has 1 heterocycles. The van der Waals surface area contributed by atoms with E-state index < -0.39 is 0 Å². The molecule has 2 amide bonds. The van der Waals surface area contributed by atoms with Crippen LogP contribution < -0.4 is 9.47 Å². The van der Waals surface area contributed by atoms with Crippen LogP contribution in [0.15, 0.2) is 35.7 Å². The molecule has 0 spiro atoms. The van der Waals surface area contributed by atoms with E-state index in [1.807, 2.05) is 40.6 Å². The molecule has 0 aliphatic carbocycles. The Bertz CT molecular complexity index is 900. The van der Waals surface area contributed by atoms with E-state index in [0.717, 1.165) is 42.5 Å². The van der Waals surface area contributed by atoms with Gasteiger partial charge in [-0.2, -0.15) is 0 Å². The third-order valence-corrected chi connectivity index (χ3v) is 7.14. The van der Waals surface area contributed by atoms with Crippen molar-refractivity contribution >= 4 is 23.2 Å². The molecule has 7 heteroatoms. The van der Waals surface area contributed by atoms with E-state index in [2.05, 4.69) is 20.8 Å². The van der Waals surface area contributed by atoms with Crippen molar-refractivity contribution in [3.05, 3.63) is 46.2 Å². The fourth-order valence-electron chi connectivity index (χ4n) is 4.19. The maximum Gasteiger partial charge on any atom is 0.242 e. The van der Waals surface area contributed by atoms with Crippen molar-refractivity contribution in [2.45, 2.75) is 65.8 Å². The molecule has 0 saturated heterocycles. The minimum atomic E-state index is -0.00831. The van der Waals surface area contributed by atoms with Crippen molar-refractivity contribution in [3.8, 4) is 11.5 Å². The summed E-state index contributed by atoms with van der Waals surface area (Å²) in [6.07, 6.45) is 5.33. The number of carbonyl (C=O) groups excluding carboxylic acids is 2. The zero-order chi connectivity index (χ0) is 25.6. The summed E-state index contributed by atoms with van der Waals surface area (Å²) in [6, 6.07) is 9.90. The highest BCUT2D eigenvalue weighted by Gasteiger charge is 2.26. The normalized spacial score (nSPS) is 11.7. The minimum absolute atomic E-state index is 0.00758. The molecule has 194 valence electrons. The van der Waals surface area contributed by atoms with E-state index in [1.165, 1.54) is 0 Å². The lowest BCUT2D eigenvalue weighted by atomic mass is 9.97. The molecule has 0 radical (unpaired) electrons. The average Bonchev–Trinajstić information content (AvgIpc) is 3.39. The van der Waals surface area contributed by atoms with Crippen LogP contribution in [0.25, 0.3) is 0 Å². The first-order valence-corrected chi connectivity index (χ1v) is 13.6. The summed E-state index contributed by atoms with van der Waals surface area (Å²) >= 11 is 1.64. The van der Waals surface area contributed by atoms with Crippen molar-refractivity contribution in [1.82, 2.24) is 9.80 Å². The molecule has 0 bridgehead atoms. The smallest absolute Gasteiger partial charge is 0.242 e. The van der Waals surface area contributed by atoms with Gasteiger partial charge in [0.1, 0.15) is 0 Å². The van der Waals surface area contributed by atoms with Crippen LogP contribution in [0.2, 0.25) is 0 Å². The van der Waals surface area contributed by atoms with Gasteiger partial charge in [0.05, 0.1) is 27.3 Å². The Morgan fingerprint density at radius 3 is 2.34 bits per heavy atom. The highest BCUT2D eigenvalue weighted by Crippen LogP contribution is 2.28. The van der Waals surface area contributed by atoms with Crippen LogP contribution in [-0.2, 0) is 22.6 Å². The Balaban J connectivity index is 2.15. The maximum atomic E-state index is 13.5. The number of rotatable bonds is 16. The van der Waals surface area contributed by atoms with Gasteiger partial charge < -0.3 is 19.3 Å². The summed E-state index contributed by atoms with van der Waals surface area (Å²) < 4.78 is 10.8. The summed E-state index contributed by atoms with van der Waals surface area (Å²) in [5.41, 5.74) is 1.07. The van der Waals surface area contributed by atoms with Crippen molar-refractivity contribution in [3.63, 3.8) is 0 Å². The summed E-state index contributed by atoms with van der Waals surface area (Å²) in [6.45, 7) is 8.11. The number of hydrogen-bond donors (Lipinski definition) is 0. The topological polar surface area (TPSA) is 59.1 Å². The number of nitrogens with zero attached hydrogens (tertiary/aromatic N) is 2. The summed E-state index contributed by atoms with van der Waals surface area (Å²) in [5, 5.41) is 2.03. The lowest BCUT2D eigenvalue weighted by molar-refractivity contribution is -0.143. The highest BCUT2D eigenvalue weighted by molar-refractivity contribution is 7.09. The van der Waals surface area contributed by atoms with Crippen LogP contribution in [-0.4, -0.2) is 55.5 Å². The van der Waals surface area contributed by atoms with Crippen LogP contribution in [0, 0.1) is 5.92 Å². The molecule has 0 saturated carbocycles. The molecule has 1 unspecified atom stereocenters. The van der Waals surface area contributed by atoms with Gasteiger partial charge in [-0.25, -0.2) is 0 Å². The first-order chi connectivity index (χ1) is 17.0. The van der Waals surface area contributed by atoms with E-state index in [9.17, 15) is 9.59 Å². The highest BCUT2D eigenvalue weighted by atomic mass is 32.1. The molecule has 2 aromatic rings. The monoisotopic (exact) mass is 502 g/mol. The van der Waals surface area contributed by atoms with Gasteiger partial charge in [0.15, 0.2) is 11.5 Å². The average molecular weight is 503 g/mol. The van der Waals surface area contributed by atoms with E-state index in [1.54, 1.807) is 30.5 Å². The molecule has 0 aliphatic heterocycles. The molecular weight excluding hydrogens is 460 g/mol. The van der Waals surface area contributed by atoms with Gasteiger partial charge in [-0.1, -0.05) is 45.7 Å². The molecule has 1 aromatic carbocycles. The Labute approximate surface area is 215 Å². The second-order valence-corrected chi connectivity index (χ2v) is 9.87. The Kier molecular flexibility index (Phi) is 12.7. The van der Waals surface area contributed by atoms with Crippen LogP contribution in [0.5, 0.6) is 11.5 Å². The number of benzene rings is 1. The van der Waals surface area contributed by atoms with E-state index in [-0.39, 0.29) is 24.3 Å². The predicted molar refractivity (Wildman–Crippen MR) is 143 cm³/mol. The second kappa shape index (κ2) is 15.5. The Morgan fingerprint density at radius 2 is 1.74 bits per heavy atom. The summed E-state index contributed by atoms with van der Waals surface area (Å²) in [5.74, 6) is 1.47. The third-order valence-electron chi connectivity index (χ3n) is 6.28. The van der Waals surface area contributed by atoms with Gasteiger partial charge in [0.2, 0.25) is 11.8 Å². The SMILES string of the molecule is CCCCC(CC)C(=O)N(CCC)CC(=O)N(CCc1ccc(OC)c(OC)c1)Cc1cccs1. The molecule has 0 aliphatic rings. The number of ether oxygens (including phenoxy) is 2. The molecule has 2 rings (SSSR count). The largest absolute Gasteiger partial charge is 0.493 e. The van der Waals surface area contributed by atoms with Crippen LogP contribution in [0.3, 0.4) is 0 Å². The lowest BCUT2D eigenvalue weighted by Gasteiger charge is -2.30. The summed E-state index contributed by atoms with van der Waals surface area (Å²) in [7, 11) is 3.24. The van der Waals surface area contributed by atoms with Gasteiger partial charge in [-0.15, -0.1) is 11.3 Å². The number of methoxy groups -OCH3 is 2. The number of amides is 2. The first kappa shape index (κ1) is 28.7. The molecular formula is C28H42N2O4S. The number of thiophene rings is 1. The number of carbonyl (C=O) groups is 2. The molecule has 6 nitrogen and oxygen atoms in total. The minimum Gasteiger partial charge on any atom is -0.493 e. The zero-order valence-electron chi connectivity index (χ0n) is 22.0. The molecule has 0 fully saturated rings. The van der Waals surface area contributed by atoms with E-state index in [4.69, 9.17) is 9.47 Å². The van der Waals surface area contributed by atoms with Crippen molar-refractivity contribution < 1.29 is 19.1 Å². The Hall–Kier alpha value is -2.54. The van der Waals surface area contributed by atoms with Gasteiger partial charge in [-0.05, 0) is 54.8 Å². The van der Waals surface area contributed by atoms with E-state index >= 15 is 0 Å². The predicted octanol–water partition coefficient (Wildman–Crippen LogP) is 5.79. The maximum absolute atomic E-state index is 13.5. The Morgan fingerprint density at radius 1 is 0.971 bits per heavy atom. The standard InChI is InChI=1S/C28H42N2O4S/c1-6-9-11-23(8-3)28(32)30(16-7-2)21-27(31)29(20-24-12-10-18-35-24)17-15-22-13-14-25(33-4)26(19-22)34-5/h10,12-14,18-19,23H,6-9,11,15-17,20-21H2,1-5H3. The fourth-order valence-corrected chi connectivity index (χ4v) is 4.91. The molecule has 1 atom stereocenters. The number of hydrogen-bond acceptors (Lipinski definition) is 5. The lowest BCUT2D eigenvalue weighted by Crippen LogP contribution is -2.45.